The minimum Gasteiger partial charge on any atom is -0.492 e. The lowest BCUT2D eigenvalue weighted by molar-refractivity contribution is -0.117. The van der Waals surface area contributed by atoms with Gasteiger partial charge in [-0.15, -0.1) is 11.3 Å². The first-order valence-corrected chi connectivity index (χ1v) is 11.1. The van der Waals surface area contributed by atoms with Crippen LogP contribution in [0.15, 0.2) is 30.3 Å². The number of nitrogens with zero attached hydrogens (tertiary/aromatic N) is 2. The van der Waals surface area contributed by atoms with Crippen LogP contribution in [0.1, 0.15) is 29.1 Å². The van der Waals surface area contributed by atoms with Crippen LogP contribution in [0.25, 0.3) is 0 Å². The second-order valence-corrected chi connectivity index (χ2v) is 8.29. The Balaban J connectivity index is 1.55. The Kier molecular flexibility index (Phi) is 7.70. The highest BCUT2D eigenvalue weighted by molar-refractivity contribution is 7.16. The molecule has 0 aliphatic carbocycles. The molecule has 1 amide bonds. The molecule has 0 radical (unpaired) electrons. The second kappa shape index (κ2) is 10.4. The van der Waals surface area contributed by atoms with Gasteiger partial charge >= 0.3 is 5.97 Å². The average molecular weight is 432 g/mol. The molecule has 0 atom stereocenters. The van der Waals surface area contributed by atoms with Gasteiger partial charge in [-0.2, -0.15) is 0 Å². The fraction of sp³-hybridized carbons (Fsp3) is 0.455. The van der Waals surface area contributed by atoms with E-state index in [1.165, 1.54) is 11.3 Å². The van der Waals surface area contributed by atoms with E-state index in [2.05, 4.69) is 21.2 Å². The number of hydrogen-bond donors (Lipinski definition) is 1. The van der Waals surface area contributed by atoms with Gasteiger partial charge in [-0.1, -0.05) is 12.1 Å². The first-order valence-electron chi connectivity index (χ1n) is 10.3. The third-order valence-electron chi connectivity index (χ3n) is 4.85. The minimum atomic E-state index is -0.404. The largest absolute Gasteiger partial charge is 0.492 e. The van der Waals surface area contributed by atoms with E-state index < -0.39 is 5.97 Å². The predicted octanol–water partition coefficient (Wildman–Crippen LogP) is 3.39. The van der Waals surface area contributed by atoms with Gasteiger partial charge in [-0.05, 0) is 39.0 Å². The molecule has 2 heterocycles. The molecule has 30 heavy (non-hydrogen) atoms. The summed E-state index contributed by atoms with van der Waals surface area (Å²) >= 11 is 1.39. The highest BCUT2D eigenvalue weighted by atomic mass is 32.1. The van der Waals surface area contributed by atoms with E-state index in [1.807, 2.05) is 32.0 Å². The van der Waals surface area contributed by atoms with Crippen LogP contribution in [0.5, 0.6) is 5.75 Å². The number of hydrogen-bond acceptors (Lipinski definition) is 7. The number of aryl methyl sites for hydroxylation is 1. The minimum absolute atomic E-state index is 0.120. The molecule has 1 aliphatic heterocycles. The van der Waals surface area contributed by atoms with Gasteiger partial charge in [0.25, 0.3) is 0 Å². The van der Waals surface area contributed by atoms with Gasteiger partial charge in [0.15, 0.2) is 0 Å². The van der Waals surface area contributed by atoms with Gasteiger partial charge in [0.05, 0.1) is 31.0 Å². The van der Waals surface area contributed by atoms with Gasteiger partial charge in [0.1, 0.15) is 10.8 Å². The summed E-state index contributed by atoms with van der Waals surface area (Å²) in [6.45, 7) is 10.1. The number of piperazine rings is 1. The first kappa shape index (κ1) is 22.1. The van der Waals surface area contributed by atoms with Crippen molar-refractivity contribution in [3.63, 3.8) is 0 Å². The first-order chi connectivity index (χ1) is 14.5. The summed E-state index contributed by atoms with van der Waals surface area (Å²) in [6.07, 6.45) is 0. The van der Waals surface area contributed by atoms with E-state index in [-0.39, 0.29) is 5.91 Å². The van der Waals surface area contributed by atoms with Crippen LogP contribution in [-0.4, -0.2) is 62.7 Å². The van der Waals surface area contributed by atoms with Crippen LogP contribution in [-0.2, 0) is 9.53 Å². The molecule has 1 saturated heterocycles. The highest BCUT2D eigenvalue weighted by Crippen LogP contribution is 2.30. The maximum absolute atomic E-state index is 12.6. The third-order valence-corrected chi connectivity index (χ3v) is 5.81. The van der Waals surface area contributed by atoms with Crippen molar-refractivity contribution in [2.75, 3.05) is 56.2 Å². The smallest absolute Gasteiger partial charge is 0.341 e. The number of nitrogens with one attached hydrogen (secondary N) is 1. The van der Waals surface area contributed by atoms with Crippen molar-refractivity contribution in [1.29, 1.82) is 0 Å². The molecule has 1 aliphatic rings. The summed E-state index contributed by atoms with van der Waals surface area (Å²) in [5.41, 5.74) is 1.52. The molecule has 0 bridgehead atoms. The van der Waals surface area contributed by atoms with Gasteiger partial charge < -0.3 is 19.7 Å². The fourth-order valence-electron chi connectivity index (χ4n) is 3.48. The molecule has 2 aromatic rings. The van der Waals surface area contributed by atoms with Crippen LogP contribution in [0.4, 0.5) is 10.7 Å². The Hall–Kier alpha value is -2.58. The second-order valence-electron chi connectivity index (χ2n) is 7.03. The number of thiophene rings is 1. The van der Waals surface area contributed by atoms with Crippen LogP contribution in [0.3, 0.4) is 0 Å². The van der Waals surface area contributed by atoms with Crippen molar-refractivity contribution in [2.45, 2.75) is 20.8 Å². The van der Waals surface area contributed by atoms with E-state index in [0.717, 1.165) is 42.5 Å². The number of benzene rings is 1. The molecule has 1 fully saturated rings. The topological polar surface area (TPSA) is 71.1 Å². The summed E-state index contributed by atoms with van der Waals surface area (Å²) in [4.78, 5) is 30.1. The number of rotatable bonds is 8. The number of carbonyl (C=O) groups excluding carboxylic acids is 2. The number of esters is 1. The molecule has 162 valence electrons. The van der Waals surface area contributed by atoms with E-state index in [4.69, 9.17) is 9.47 Å². The summed E-state index contributed by atoms with van der Waals surface area (Å²) in [6, 6.07) is 9.81. The van der Waals surface area contributed by atoms with Crippen LogP contribution >= 0.6 is 11.3 Å². The van der Waals surface area contributed by atoms with Crippen molar-refractivity contribution in [1.82, 2.24) is 4.90 Å². The standard InChI is InChI=1S/C22H29N3O4S/c1-4-28-19-9-7-6-8-18(19)25-12-10-24(11-13-25)15-20(26)23-21-17(14-16(3)30-21)22(27)29-5-2/h6-9,14H,4-5,10-13,15H2,1-3H3,(H,23,26). The summed E-state index contributed by atoms with van der Waals surface area (Å²) < 4.78 is 10.8. The molecular weight excluding hydrogens is 402 g/mol. The van der Waals surface area contributed by atoms with Gasteiger partial charge in [-0.3, -0.25) is 9.69 Å². The summed E-state index contributed by atoms with van der Waals surface area (Å²) in [5, 5.41) is 3.45. The molecule has 0 spiro atoms. The molecule has 0 unspecified atom stereocenters. The average Bonchev–Trinajstić information content (AvgIpc) is 3.09. The van der Waals surface area contributed by atoms with Crippen molar-refractivity contribution in [3.8, 4) is 5.75 Å². The zero-order valence-electron chi connectivity index (χ0n) is 17.8. The zero-order valence-corrected chi connectivity index (χ0v) is 18.6. The van der Waals surface area contributed by atoms with Crippen LogP contribution < -0.4 is 15.0 Å². The van der Waals surface area contributed by atoms with E-state index in [9.17, 15) is 9.59 Å². The van der Waals surface area contributed by atoms with Crippen LogP contribution in [0, 0.1) is 6.92 Å². The Morgan fingerprint density at radius 3 is 2.53 bits per heavy atom. The number of amides is 1. The number of carbonyl (C=O) groups is 2. The Morgan fingerprint density at radius 2 is 1.83 bits per heavy atom. The van der Waals surface area contributed by atoms with Gasteiger partial charge in [0.2, 0.25) is 5.91 Å². The quantitative estimate of drug-likeness (QED) is 0.646. The SMILES string of the molecule is CCOC(=O)c1cc(C)sc1NC(=O)CN1CCN(c2ccccc2OCC)CC1. The fourth-order valence-corrected chi connectivity index (χ4v) is 4.40. The van der Waals surface area contributed by atoms with Crippen molar-refractivity contribution in [3.05, 3.63) is 40.8 Å². The van der Waals surface area contributed by atoms with Crippen molar-refractivity contribution in [2.24, 2.45) is 0 Å². The third kappa shape index (κ3) is 5.52. The maximum atomic E-state index is 12.6. The predicted molar refractivity (Wildman–Crippen MR) is 120 cm³/mol. The molecule has 1 aromatic carbocycles. The van der Waals surface area contributed by atoms with E-state index >= 15 is 0 Å². The summed E-state index contributed by atoms with van der Waals surface area (Å²) in [7, 11) is 0. The molecule has 3 rings (SSSR count). The lowest BCUT2D eigenvalue weighted by Crippen LogP contribution is -2.48. The zero-order chi connectivity index (χ0) is 21.5. The Bertz CT molecular complexity index is 875. The number of anilines is 2. The molecule has 0 saturated carbocycles. The lowest BCUT2D eigenvalue weighted by atomic mass is 10.2. The number of ether oxygens (including phenoxy) is 2. The lowest BCUT2D eigenvalue weighted by Gasteiger charge is -2.36. The van der Waals surface area contributed by atoms with Gasteiger partial charge in [0, 0.05) is 31.1 Å². The normalized spacial score (nSPS) is 14.4. The Morgan fingerprint density at radius 1 is 1.10 bits per heavy atom. The molecular formula is C22H29N3O4S. The molecule has 7 nitrogen and oxygen atoms in total. The number of para-hydroxylation sites is 2. The van der Waals surface area contributed by atoms with E-state index in [1.54, 1.807) is 13.0 Å². The van der Waals surface area contributed by atoms with Gasteiger partial charge in [-0.25, -0.2) is 4.79 Å². The molecule has 8 heteroatoms. The van der Waals surface area contributed by atoms with Crippen LogP contribution in [0.2, 0.25) is 0 Å². The summed E-state index contributed by atoms with van der Waals surface area (Å²) in [5.74, 6) is 0.370. The van der Waals surface area contributed by atoms with Crippen molar-refractivity contribution < 1.29 is 19.1 Å². The monoisotopic (exact) mass is 431 g/mol. The molecule has 1 aromatic heterocycles. The van der Waals surface area contributed by atoms with E-state index in [0.29, 0.717) is 30.3 Å². The van der Waals surface area contributed by atoms with Crippen molar-refractivity contribution >= 4 is 33.9 Å². The maximum Gasteiger partial charge on any atom is 0.341 e. The highest BCUT2D eigenvalue weighted by Gasteiger charge is 2.23. The molecule has 1 N–H and O–H groups in total. The Labute approximate surface area is 181 Å².